The Morgan fingerprint density at radius 1 is 0.971 bits per heavy atom. The third-order valence-electron chi connectivity index (χ3n) is 5.86. The first kappa shape index (κ1) is 24.1. The molecule has 0 amide bonds. The SMILES string of the molecule is CC(C)N1N=C(c2ccc(NS(=O)(=O)c3ccc(Cl)cc3)cc2)CC1c1ccc(N(C)C)cc1. The highest BCUT2D eigenvalue weighted by Crippen LogP contribution is 2.35. The summed E-state index contributed by atoms with van der Waals surface area (Å²) < 4.78 is 27.9. The number of benzene rings is 3. The lowest BCUT2D eigenvalue weighted by molar-refractivity contribution is 0.184. The predicted octanol–water partition coefficient (Wildman–Crippen LogP) is 5.77. The number of halogens is 1. The maximum absolute atomic E-state index is 12.7. The Balaban J connectivity index is 1.51. The van der Waals surface area contributed by atoms with Gasteiger partial charge in [0.25, 0.3) is 10.0 Å². The van der Waals surface area contributed by atoms with Crippen LogP contribution in [0.5, 0.6) is 0 Å². The third kappa shape index (κ3) is 5.21. The lowest BCUT2D eigenvalue weighted by atomic mass is 9.97. The highest BCUT2D eigenvalue weighted by molar-refractivity contribution is 7.92. The van der Waals surface area contributed by atoms with Gasteiger partial charge in [0.2, 0.25) is 0 Å². The summed E-state index contributed by atoms with van der Waals surface area (Å²) in [4.78, 5) is 2.25. The largest absolute Gasteiger partial charge is 0.378 e. The van der Waals surface area contributed by atoms with Crippen LogP contribution in [0.15, 0.2) is 82.8 Å². The zero-order valence-corrected chi connectivity index (χ0v) is 21.3. The fourth-order valence-electron chi connectivity index (χ4n) is 4.00. The summed E-state index contributed by atoms with van der Waals surface area (Å²) in [5.74, 6) is 0. The highest BCUT2D eigenvalue weighted by Gasteiger charge is 2.30. The molecule has 0 bridgehead atoms. The first-order valence-corrected chi connectivity index (χ1v) is 13.0. The number of anilines is 2. The van der Waals surface area contributed by atoms with Crippen LogP contribution in [0.3, 0.4) is 0 Å². The number of sulfonamides is 1. The number of hydrazone groups is 1. The Labute approximate surface area is 206 Å². The predicted molar refractivity (Wildman–Crippen MR) is 140 cm³/mol. The van der Waals surface area contributed by atoms with E-state index in [1.165, 1.54) is 17.7 Å². The second-order valence-electron chi connectivity index (χ2n) is 8.86. The normalized spacial score (nSPS) is 16.0. The van der Waals surface area contributed by atoms with Crippen LogP contribution in [0, 0.1) is 0 Å². The van der Waals surface area contributed by atoms with E-state index in [1.807, 2.05) is 26.2 Å². The quantitative estimate of drug-likeness (QED) is 0.451. The molecular formula is C26H29ClN4O2S. The average molecular weight is 497 g/mol. The van der Waals surface area contributed by atoms with E-state index in [2.05, 4.69) is 52.7 Å². The van der Waals surface area contributed by atoms with Crippen molar-refractivity contribution in [1.29, 1.82) is 0 Å². The molecule has 0 radical (unpaired) electrons. The Hall–Kier alpha value is -3.03. The first-order valence-electron chi connectivity index (χ1n) is 11.2. The van der Waals surface area contributed by atoms with Crippen molar-refractivity contribution in [2.24, 2.45) is 5.10 Å². The Kier molecular flexibility index (Phi) is 6.86. The zero-order valence-electron chi connectivity index (χ0n) is 19.7. The van der Waals surface area contributed by atoms with E-state index in [0.29, 0.717) is 10.7 Å². The number of rotatable bonds is 7. The van der Waals surface area contributed by atoms with E-state index in [1.54, 1.807) is 24.3 Å². The molecule has 3 aromatic rings. The van der Waals surface area contributed by atoms with Crippen molar-refractivity contribution >= 4 is 38.7 Å². The van der Waals surface area contributed by atoms with Gasteiger partial charge in [-0.2, -0.15) is 5.10 Å². The lowest BCUT2D eigenvalue weighted by Gasteiger charge is -2.28. The summed E-state index contributed by atoms with van der Waals surface area (Å²) in [6.45, 7) is 4.28. The van der Waals surface area contributed by atoms with Gasteiger partial charge in [-0.15, -0.1) is 0 Å². The Morgan fingerprint density at radius 3 is 2.15 bits per heavy atom. The van der Waals surface area contributed by atoms with Crippen LogP contribution in [-0.4, -0.2) is 39.3 Å². The Bertz CT molecular complexity index is 1270. The van der Waals surface area contributed by atoms with E-state index < -0.39 is 10.0 Å². The molecule has 3 aromatic carbocycles. The van der Waals surface area contributed by atoms with E-state index >= 15 is 0 Å². The van der Waals surface area contributed by atoms with Gasteiger partial charge in [0.05, 0.1) is 16.6 Å². The number of nitrogens with one attached hydrogen (secondary N) is 1. The van der Waals surface area contributed by atoms with Crippen LogP contribution < -0.4 is 9.62 Å². The van der Waals surface area contributed by atoms with Crippen LogP contribution in [0.2, 0.25) is 5.02 Å². The molecule has 34 heavy (non-hydrogen) atoms. The van der Waals surface area contributed by atoms with Gasteiger partial charge in [-0.1, -0.05) is 35.9 Å². The van der Waals surface area contributed by atoms with Gasteiger partial charge in [-0.3, -0.25) is 9.73 Å². The molecule has 1 aliphatic heterocycles. The van der Waals surface area contributed by atoms with Crippen molar-refractivity contribution in [1.82, 2.24) is 5.01 Å². The number of hydrogen-bond acceptors (Lipinski definition) is 5. The van der Waals surface area contributed by atoms with Crippen molar-refractivity contribution in [3.63, 3.8) is 0 Å². The minimum absolute atomic E-state index is 0.161. The van der Waals surface area contributed by atoms with Gasteiger partial charge in [0, 0.05) is 43.0 Å². The molecule has 8 heteroatoms. The molecule has 0 saturated heterocycles. The topological polar surface area (TPSA) is 65.0 Å². The van der Waals surface area contributed by atoms with Crippen LogP contribution in [0.4, 0.5) is 11.4 Å². The number of hydrogen-bond donors (Lipinski definition) is 1. The molecule has 1 heterocycles. The molecular weight excluding hydrogens is 468 g/mol. The minimum atomic E-state index is -3.69. The van der Waals surface area contributed by atoms with Gasteiger partial charge in [-0.25, -0.2) is 8.42 Å². The second-order valence-corrected chi connectivity index (χ2v) is 11.0. The summed E-state index contributed by atoms with van der Waals surface area (Å²) in [7, 11) is 0.379. The Morgan fingerprint density at radius 2 is 1.59 bits per heavy atom. The molecule has 1 N–H and O–H groups in total. The van der Waals surface area contributed by atoms with Crippen LogP contribution in [-0.2, 0) is 10.0 Å². The standard InChI is InChI=1S/C26H29ClN4O2S/c1-18(2)31-26(20-7-13-23(14-8-20)30(3)4)17-25(28-31)19-5-11-22(12-6-19)29-34(32,33)24-15-9-21(27)10-16-24/h5-16,18,26,29H,17H2,1-4H3. The molecule has 1 aliphatic rings. The summed E-state index contributed by atoms with van der Waals surface area (Å²) in [5, 5.41) is 7.56. The number of nitrogens with zero attached hydrogens (tertiary/aromatic N) is 3. The van der Waals surface area contributed by atoms with E-state index in [9.17, 15) is 8.42 Å². The monoisotopic (exact) mass is 496 g/mol. The molecule has 0 saturated carbocycles. The fraction of sp³-hybridized carbons (Fsp3) is 0.269. The molecule has 0 aliphatic carbocycles. The van der Waals surface area contributed by atoms with Gasteiger partial charge >= 0.3 is 0 Å². The summed E-state index contributed by atoms with van der Waals surface area (Å²) in [5.41, 5.74) is 4.85. The van der Waals surface area contributed by atoms with Crippen LogP contribution in [0.25, 0.3) is 0 Å². The molecule has 178 valence electrons. The van der Waals surface area contributed by atoms with E-state index in [-0.39, 0.29) is 17.0 Å². The van der Waals surface area contributed by atoms with Crippen molar-refractivity contribution in [3.05, 3.63) is 88.9 Å². The van der Waals surface area contributed by atoms with Crippen molar-refractivity contribution < 1.29 is 8.42 Å². The van der Waals surface area contributed by atoms with Crippen molar-refractivity contribution in [3.8, 4) is 0 Å². The molecule has 0 aromatic heterocycles. The van der Waals surface area contributed by atoms with Gasteiger partial charge < -0.3 is 4.90 Å². The maximum atomic E-state index is 12.7. The smallest absolute Gasteiger partial charge is 0.261 e. The zero-order chi connectivity index (χ0) is 24.5. The fourth-order valence-corrected chi connectivity index (χ4v) is 5.19. The van der Waals surface area contributed by atoms with Crippen LogP contribution in [0.1, 0.15) is 37.4 Å². The highest BCUT2D eigenvalue weighted by atomic mass is 35.5. The van der Waals surface area contributed by atoms with Gasteiger partial charge in [0.1, 0.15) is 0 Å². The maximum Gasteiger partial charge on any atom is 0.261 e. The second kappa shape index (κ2) is 9.68. The minimum Gasteiger partial charge on any atom is -0.378 e. The van der Waals surface area contributed by atoms with Crippen LogP contribution >= 0.6 is 11.6 Å². The molecule has 6 nitrogen and oxygen atoms in total. The summed E-state index contributed by atoms with van der Waals surface area (Å²) in [6.07, 6.45) is 0.787. The molecule has 0 spiro atoms. The van der Waals surface area contributed by atoms with Gasteiger partial charge in [-0.05, 0) is 73.5 Å². The molecule has 1 unspecified atom stereocenters. The average Bonchev–Trinajstić information content (AvgIpc) is 3.25. The first-order chi connectivity index (χ1) is 16.1. The van der Waals surface area contributed by atoms with Gasteiger partial charge in [0.15, 0.2) is 0 Å². The van der Waals surface area contributed by atoms with Crippen molar-refractivity contribution in [2.45, 2.75) is 37.2 Å². The molecule has 0 fully saturated rings. The summed E-state index contributed by atoms with van der Waals surface area (Å²) >= 11 is 5.87. The van der Waals surface area contributed by atoms with Crippen molar-refractivity contribution in [2.75, 3.05) is 23.7 Å². The molecule has 4 rings (SSSR count). The lowest BCUT2D eigenvalue weighted by Crippen LogP contribution is -2.26. The molecule has 1 atom stereocenters. The van der Waals surface area contributed by atoms with E-state index in [4.69, 9.17) is 16.7 Å². The summed E-state index contributed by atoms with van der Waals surface area (Å²) in [6, 6.07) is 22.5. The third-order valence-corrected chi connectivity index (χ3v) is 7.51. The van der Waals surface area contributed by atoms with E-state index in [0.717, 1.165) is 23.4 Å².